The van der Waals surface area contributed by atoms with Crippen molar-refractivity contribution in [1.29, 1.82) is 0 Å². The van der Waals surface area contributed by atoms with Crippen molar-refractivity contribution in [2.75, 3.05) is 0 Å². The summed E-state index contributed by atoms with van der Waals surface area (Å²) in [5.74, 6) is 0. The van der Waals surface area contributed by atoms with Crippen LogP contribution in [0, 0.1) is 5.41 Å². The largest absolute Gasteiger partial charge is 0.413 e. The Labute approximate surface area is 105 Å². The molecule has 16 heavy (non-hydrogen) atoms. The van der Waals surface area contributed by atoms with Gasteiger partial charge in [0, 0.05) is 6.20 Å². The number of nitrogens with zero attached hydrogens (tertiary/aromatic N) is 1. The van der Waals surface area contributed by atoms with Crippen molar-refractivity contribution in [3.63, 3.8) is 0 Å². The molecule has 0 saturated carbocycles. The van der Waals surface area contributed by atoms with Gasteiger partial charge < -0.3 is 4.43 Å². The van der Waals surface area contributed by atoms with Crippen molar-refractivity contribution >= 4 is 20.6 Å². The molecule has 1 heterocycles. The van der Waals surface area contributed by atoms with Crippen LogP contribution in [0.2, 0.25) is 18.2 Å². The minimum absolute atomic E-state index is 0.0762. The zero-order valence-corrected chi connectivity index (χ0v) is 12.5. The lowest BCUT2D eigenvalue weighted by atomic mass is 9.85. The average Bonchev–Trinajstić information content (AvgIpc) is 2.14. The lowest BCUT2D eigenvalue weighted by molar-refractivity contribution is 0.0863. The maximum atomic E-state index is 6.10. The fourth-order valence-electron chi connectivity index (χ4n) is 1.60. The molecule has 1 rings (SSSR count). The molecule has 0 aliphatic rings. The molecule has 0 bridgehead atoms. The van der Waals surface area contributed by atoms with Crippen molar-refractivity contribution < 1.29 is 4.43 Å². The van der Waals surface area contributed by atoms with Gasteiger partial charge in [0.25, 0.3) is 0 Å². The van der Waals surface area contributed by atoms with Crippen molar-refractivity contribution in [2.45, 2.75) is 40.0 Å². The van der Waals surface area contributed by atoms with Gasteiger partial charge in [-0.3, -0.25) is 0 Å². The first-order valence-corrected chi connectivity index (χ1v) is 8.73. The molecule has 0 aliphatic heterocycles. The Morgan fingerprint density at radius 3 is 2.31 bits per heavy atom. The first-order chi connectivity index (χ1) is 7.30. The first kappa shape index (κ1) is 13.7. The molecule has 4 heteroatoms. The van der Waals surface area contributed by atoms with Crippen LogP contribution in [0.15, 0.2) is 18.3 Å². The molecule has 1 aromatic rings. The van der Waals surface area contributed by atoms with Crippen molar-refractivity contribution in [3.05, 3.63) is 29.0 Å². The fourth-order valence-corrected chi connectivity index (χ4v) is 2.82. The van der Waals surface area contributed by atoms with Crippen LogP contribution in [0.25, 0.3) is 0 Å². The first-order valence-electron chi connectivity index (χ1n) is 5.57. The summed E-state index contributed by atoms with van der Waals surface area (Å²) in [6.07, 6.45) is 1.92. The molecule has 1 aromatic heterocycles. The minimum atomic E-state index is -1.07. The standard InChI is InChI=1S/C12H20ClNOSi/c1-12(2,3)11(15-16(4)5)9-6-7-10(13)14-8-9/h6-8,11,16H,1-5H3. The van der Waals surface area contributed by atoms with Crippen molar-refractivity contribution in [3.8, 4) is 0 Å². The Hall–Kier alpha value is -0.383. The summed E-state index contributed by atoms with van der Waals surface area (Å²) in [5, 5.41) is 0.526. The van der Waals surface area contributed by atoms with Gasteiger partial charge in [0.2, 0.25) is 0 Å². The third-order valence-electron chi connectivity index (χ3n) is 2.25. The van der Waals surface area contributed by atoms with Gasteiger partial charge in [0.15, 0.2) is 9.04 Å². The molecule has 0 aliphatic carbocycles. The zero-order chi connectivity index (χ0) is 12.3. The van der Waals surface area contributed by atoms with Crippen molar-refractivity contribution in [2.24, 2.45) is 5.41 Å². The van der Waals surface area contributed by atoms with E-state index in [1.807, 2.05) is 18.3 Å². The molecule has 0 radical (unpaired) electrons. The summed E-state index contributed by atoms with van der Waals surface area (Å²) in [5.41, 5.74) is 1.19. The summed E-state index contributed by atoms with van der Waals surface area (Å²) in [6.45, 7) is 10.9. The molecule has 1 atom stereocenters. The van der Waals surface area contributed by atoms with Crippen LogP contribution in [0.3, 0.4) is 0 Å². The molecule has 0 aromatic carbocycles. The van der Waals surface area contributed by atoms with Crippen LogP contribution in [0.5, 0.6) is 0 Å². The predicted octanol–water partition coefficient (Wildman–Crippen LogP) is 3.82. The Morgan fingerprint density at radius 2 is 1.94 bits per heavy atom. The van der Waals surface area contributed by atoms with E-state index in [0.29, 0.717) is 5.15 Å². The molecule has 0 amide bonds. The van der Waals surface area contributed by atoms with E-state index < -0.39 is 9.04 Å². The van der Waals surface area contributed by atoms with Crippen molar-refractivity contribution in [1.82, 2.24) is 4.98 Å². The second-order valence-corrected chi connectivity index (χ2v) is 8.10. The number of pyridine rings is 1. The number of halogens is 1. The van der Waals surface area contributed by atoms with Gasteiger partial charge >= 0.3 is 0 Å². The second-order valence-electron chi connectivity index (χ2n) is 5.35. The van der Waals surface area contributed by atoms with Gasteiger partial charge in [-0.05, 0) is 30.1 Å². The van der Waals surface area contributed by atoms with Gasteiger partial charge in [0.1, 0.15) is 5.15 Å². The fraction of sp³-hybridized carbons (Fsp3) is 0.583. The smallest absolute Gasteiger partial charge is 0.171 e. The molecule has 0 fully saturated rings. The maximum Gasteiger partial charge on any atom is 0.171 e. The average molecular weight is 258 g/mol. The highest BCUT2D eigenvalue weighted by Crippen LogP contribution is 2.36. The Bertz CT molecular complexity index is 332. The maximum absolute atomic E-state index is 6.10. The third kappa shape index (κ3) is 3.89. The van der Waals surface area contributed by atoms with Gasteiger partial charge in [-0.2, -0.15) is 0 Å². The highest BCUT2D eigenvalue weighted by atomic mass is 35.5. The summed E-state index contributed by atoms with van der Waals surface area (Å²) >= 11 is 5.79. The zero-order valence-electron chi connectivity index (χ0n) is 10.6. The minimum Gasteiger partial charge on any atom is -0.413 e. The van der Waals surface area contributed by atoms with Crippen LogP contribution in [-0.2, 0) is 4.43 Å². The van der Waals surface area contributed by atoms with Crippen LogP contribution in [0.1, 0.15) is 32.4 Å². The number of aromatic nitrogens is 1. The topological polar surface area (TPSA) is 22.1 Å². The van der Waals surface area contributed by atoms with E-state index >= 15 is 0 Å². The molecular weight excluding hydrogens is 238 g/mol. The summed E-state index contributed by atoms with van der Waals surface area (Å²) < 4.78 is 6.10. The Morgan fingerprint density at radius 1 is 1.31 bits per heavy atom. The number of hydrogen-bond donors (Lipinski definition) is 0. The van der Waals surface area contributed by atoms with Crippen LogP contribution >= 0.6 is 11.6 Å². The van der Waals surface area contributed by atoms with E-state index in [4.69, 9.17) is 16.0 Å². The summed E-state index contributed by atoms with van der Waals surface area (Å²) in [4.78, 5) is 4.12. The van der Waals surface area contributed by atoms with Crippen LogP contribution < -0.4 is 0 Å². The highest BCUT2D eigenvalue weighted by molar-refractivity contribution is 6.48. The number of rotatable bonds is 3. The Kier molecular flexibility index (Phi) is 4.53. The highest BCUT2D eigenvalue weighted by Gasteiger charge is 2.28. The molecule has 1 unspecified atom stereocenters. The van der Waals surface area contributed by atoms with E-state index in [1.54, 1.807) is 0 Å². The molecular formula is C12H20ClNOSi. The monoisotopic (exact) mass is 257 g/mol. The van der Waals surface area contributed by atoms with Crippen LogP contribution in [-0.4, -0.2) is 14.0 Å². The summed E-state index contributed by atoms with van der Waals surface area (Å²) in [6, 6.07) is 3.82. The van der Waals surface area contributed by atoms with E-state index in [1.165, 1.54) is 0 Å². The summed E-state index contributed by atoms with van der Waals surface area (Å²) in [7, 11) is -1.07. The quantitative estimate of drug-likeness (QED) is 0.607. The molecule has 90 valence electrons. The predicted molar refractivity (Wildman–Crippen MR) is 71.4 cm³/mol. The van der Waals surface area contributed by atoms with Crippen LogP contribution in [0.4, 0.5) is 0 Å². The normalized spacial score (nSPS) is 14.2. The number of hydrogen-bond acceptors (Lipinski definition) is 2. The SMILES string of the molecule is C[SiH](C)OC(c1ccc(Cl)nc1)C(C)(C)C. The molecule has 0 saturated heterocycles. The molecule has 0 N–H and O–H groups in total. The third-order valence-corrected chi connectivity index (χ3v) is 3.29. The van der Waals surface area contributed by atoms with E-state index in [-0.39, 0.29) is 11.5 Å². The lowest BCUT2D eigenvalue weighted by Crippen LogP contribution is -2.25. The van der Waals surface area contributed by atoms with E-state index in [9.17, 15) is 0 Å². The van der Waals surface area contributed by atoms with E-state index in [0.717, 1.165) is 5.56 Å². The Balaban J connectivity index is 2.97. The van der Waals surface area contributed by atoms with Gasteiger partial charge in [-0.1, -0.05) is 38.4 Å². The molecule has 0 spiro atoms. The van der Waals surface area contributed by atoms with Gasteiger partial charge in [0.05, 0.1) is 6.10 Å². The van der Waals surface area contributed by atoms with E-state index in [2.05, 4.69) is 38.8 Å². The van der Waals surface area contributed by atoms with Gasteiger partial charge in [-0.15, -0.1) is 0 Å². The molecule has 2 nitrogen and oxygen atoms in total. The lowest BCUT2D eigenvalue weighted by Gasteiger charge is -2.32. The second kappa shape index (κ2) is 5.30. The van der Waals surface area contributed by atoms with Gasteiger partial charge in [-0.25, -0.2) is 4.98 Å².